The first kappa shape index (κ1) is 9.87. The zero-order chi connectivity index (χ0) is 7.78. The van der Waals surface area contributed by atoms with E-state index in [1.807, 2.05) is 0 Å². The molecule has 1 aromatic heterocycles. The summed E-state index contributed by atoms with van der Waals surface area (Å²) < 4.78 is 39.1. The molecule has 0 saturated heterocycles. The minimum atomic E-state index is -4.43. The van der Waals surface area contributed by atoms with Crippen molar-refractivity contribution in [2.75, 3.05) is 5.73 Å². The molecule has 64 valence electrons. The van der Waals surface area contributed by atoms with Crippen molar-refractivity contribution in [3.05, 3.63) is 17.9 Å². The summed E-state index contributed by atoms with van der Waals surface area (Å²) in [6, 6.07) is 1.85. The second-order valence-corrected chi connectivity index (χ2v) is 1.70. The van der Waals surface area contributed by atoms with Crippen molar-refractivity contribution in [2.24, 2.45) is 0 Å². The molecule has 0 radical (unpaired) electrons. The van der Waals surface area contributed by atoms with Crippen LogP contribution >= 0.6 is 0 Å². The Kier molecular flexibility index (Phi) is 2.56. The van der Waals surface area contributed by atoms with Crippen LogP contribution in [0.3, 0.4) is 0 Å². The Morgan fingerprint density at radius 3 is 2.00 bits per heavy atom. The van der Waals surface area contributed by atoms with E-state index >= 15 is 0 Å². The van der Waals surface area contributed by atoms with Gasteiger partial charge in [0.25, 0.3) is 0 Å². The Morgan fingerprint density at radius 2 is 1.82 bits per heavy atom. The van der Waals surface area contributed by atoms with E-state index < -0.39 is 11.9 Å². The van der Waals surface area contributed by atoms with E-state index in [0.717, 1.165) is 12.1 Å². The number of halogens is 3. The summed E-state index contributed by atoms with van der Waals surface area (Å²) in [4.78, 5) is 0. The van der Waals surface area contributed by atoms with Gasteiger partial charge in [-0.3, -0.25) is 0 Å². The van der Waals surface area contributed by atoms with Gasteiger partial charge in [-0.25, -0.2) is 0 Å². The number of hydrogen-bond donors (Lipinski definition) is 1. The smallest absolute Gasteiger partial charge is 0.436 e. The van der Waals surface area contributed by atoms with Crippen LogP contribution in [0.1, 0.15) is 13.2 Å². The van der Waals surface area contributed by atoms with Gasteiger partial charge in [0, 0.05) is 6.07 Å². The van der Waals surface area contributed by atoms with E-state index in [2.05, 4.69) is 4.42 Å². The van der Waals surface area contributed by atoms with Crippen LogP contribution in [0.4, 0.5) is 19.1 Å². The summed E-state index contributed by atoms with van der Waals surface area (Å²) >= 11 is 0. The van der Waals surface area contributed by atoms with Gasteiger partial charge in [-0.1, -0.05) is 7.43 Å². The average molecular weight is 167 g/mol. The first-order valence-corrected chi connectivity index (χ1v) is 2.42. The molecule has 0 amide bonds. The second-order valence-electron chi connectivity index (χ2n) is 1.70. The number of nitrogen functional groups attached to an aromatic ring is 1. The highest BCUT2D eigenvalue weighted by molar-refractivity contribution is 5.26. The molecule has 0 aliphatic rings. The Bertz CT molecular complexity index is 228. The van der Waals surface area contributed by atoms with Gasteiger partial charge in [-0.2, -0.15) is 13.2 Å². The summed E-state index contributed by atoms with van der Waals surface area (Å²) in [5.74, 6) is -1.29. The monoisotopic (exact) mass is 167 g/mol. The fraction of sp³-hybridized carbons (Fsp3) is 0.333. The minimum Gasteiger partial charge on any atom is -0.436 e. The third-order valence-electron chi connectivity index (χ3n) is 0.906. The topological polar surface area (TPSA) is 39.2 Å². The highest BCUT2D eigenvalue weighted by atomic mass is 19.4. The third-order valence-corrected chi connectivity index (χ3v) is 0.906. The van der Waals surface area contributed by atoms with Gasteiger partial charge in [0.05, 0.1) is 0 Å². The Balaban J connectivity index is 0.000001000. The molecule has 0 spiro atoms. The molecule has 0 bridgehead atoms. The molecular weight excluding hydrogens is 159 g/mol. The van der Waals surface area contributed by atoms with E-state index in [0.29, 0.717) is 0 Å². The quantitative estimate of drug-likeness (QED) is 0.644. The van der Waals surface area contributed by atoms with Gasteiger partial charge in [-0.05, 0) is 6.07 Å². The maximum absolute atomic E-state index is 11.7. The largest absolute Gasteiger partial charge is 0.449 e. The minimum absolute atomic E-state index is 0. The zero-order valence-electron chi connectivity index (χ0n) is 4.77. The predicted octanol–water partition coefficient (Wildman–Crippen LogP) is 2.52. The maximum Gasteiger partial charge on any atom is 0.449 e. The third kappa shape index (κ3) is 2.18. The maximum atomic E-state index is 11.7. The highest BCUT2D eigenvalue weighted by Crippen LogP contribution is 2.30. The van der Waals surface area contributed by atoms with Crippen molar-refractivity contribution in [1.82, 2.24) is 0 Å². The lowest BCUT2D eigenvalue weighted by Gasteiger charge is -1.99. The Morgan fingerprint density at radius 1 is 1.27 bits per heavy atom. The Hall–Kier alpha value is -1.13. The van der Waals surface area contributed by atoms with Crippen molar-refractivity contribution in [3.63, 3.8) is 0 Å². The summed E-state index contributed by atoms with van der Waals surface area (Å²) in [6.07, 6.45) is -4.43. The molecule has 1 rings (SSSR count). The van der Waals surface area contributed by atoms with Crippen LogP contribution in [0.2, 0.25) is 0 Å². The van der Waals surface area contributed by atoms with Gasteiger partial charge in [0.1, 0.15) is 0 Å². The van der Waals surface area contributed by atoms with Crippen LogP contribution in [0.15, 0.2) is 16.5 Å². The van der Waals surface area contributed by atoms with E-state index in [1.54, 1.807) is 0 Å². The van der Waals surface area contributed by atoms with Crippen LogP contribution in [-0.4, -0.2) is 0 Å². The molecule has 0 atom stereocenters. The van der Waals surface area contributed by atoms with E-state index in [4.69, 9.17) is 5.73 Å². The molecule has 0 saturated carbocycles. The number of rotatable bonds is 0. The molecule has 1 heterocycles. The van der Waals surface area contributed by atoms with Crippen LogP contribution in [0, 0.1) is 0 Å². The summed E-state index contributed by atoms with van der Waals surface area (Å²) in [5, 5.41) is 0. The van der Waals surface area contributed by atoms with Crippen LogP contribution < -0.4 is 5.73 Å². The lowest BCUT2D eigenvalue weighted by atomic mass is 10.4. The van der Waals surface area contributed by atoms with Crippen LogP contribution in [0.25, 0.3) is 0 Å². The van der Waals surface area contributed by atoms with Crippen molar-refractivity contribution in [1.29, 1.82) is 0 Å². The number of furan rings is 1. The fourth-order valence-electron chi connectivity index (χ4n) is 0.505. The predicted molar refractivity (Wildman–Crippen MR) is 34.9 cm³/mol. The standard InChI is InChI=1S/C5H4F3NO.CH4/c6-5(7,8)3-1-2-4(9)10-3;/h1-2H,9H2;1H4. The summed E-state index contributed by atoms with van der Waals surface area (Å²) in [6.45, 7) is 0. The number of hydrogen-bond acceptors (Lipinski definition) is 2. The molecule has 5 heteroatoms. The normalized spacial score (nSPS) is 10.8. The molecule has 0 aliphatic carbocycles. The van der Waals surface area contributed by atoms with Crippen LogP contribution in [-0.2, 0) is 6.18 Å². The molecule has 2 nitrogen and oxygen atoms in total. The van der Waals surface area contributed by atoms with Gasteiger partial charge < -0.3 is 10.2 Å². The van der Waals surface area contributed by atoms with Crippen molar-refractivity contribution in [2.45, 2.75) is 13.6 Å². The van der Waals surface area contributed by atoms with Crippen molar-refractivity contribution in [3.8, 4) is 0 Å². The SMILES string of the molecule is C.Nc1ccc(C(F)(F)F)o1. The lowest BCUT2D eigenvalue weighted by Crippen LogP contribution is -2.02. The van der Waals surface area contributed by atoms with E-state index in [9.17, 15) is 13.2 Å². The van der Waals surface area contributed by atoms with Crippen LogP contribution in [0.5, 0.6) is 0 Å². The summed E-state index contributed by atoms with van der Waals surface area (Å²) in [5.41, 5.74) is 4.91. The lowest BCUT2D eigenvalue weighted by molar-refractivity contribution is -0.152. The van der Waals surface area contributed by atoms with Crippen molar-refractivity contribution >= 4 is 5.88 Å². The van der Waals surface area contributed by atoms with Gasteiger partial charge in [0.2, 0.25) is 5.76 Å². The van der Waals surface area contributed by atoms with Crippen molar-refractivity contribution < 1.29 is 17.6 Å². The average Bonchev–Trinajstić information content (AvgIpc) is 2.11. The molecule has 1 aromatic rings. The zero-order valence-corrected chi connectivity index (χ0v) is 4.77. The second kappa shape index (κ2) is 2.86. The number of nitrogens with two attached hydrogens (primary N) is 1. The molecule has 0 fully saturated rings. The molecule has 11 heavy (non-hydrogen) atoms. The molecule has 0 aromatic carbocycles. The van der Waals surface area contributed by atoms with E-state index in [-0.39, 0.29) is 13.3 Å². The number of anilines is 1. The first-order valence-electron chi connectivity index (χ1n) is 2.42. The highest BCUT2D eigenvalue weighted by Gasteiger charge is 2.34. The fourth-order valence-corrected chi connectivity index (χ4v) is 0.505. The van der Waals surface area contributed by atoms with Gasteiger partial charge in [-0.15, -0.1) is 0 Å². The molecular formula is C6H8F3NO. The first-order chi connectivity index (χ1) is 4.50. The molecule has 0 unspecified atom stereocenters. The van der Waals surface area contributed by atoms with Gasteiger partial charge in [0.15, 0.2) is 5.88 Å². The summed E-state index contributed by atoms with van der Waals surface area (Å²) in [7, 11) is 0. The van der Waals surface area contributed by atoms with Gasteiger partial charge >= 0.3 is 6.18 Å². The van der Waals surface area contributed by atoms with E-state index in [1.165, 1.54) is 0 Å². The number of alkyl halides is 3. The molecule has 0 aliphatic heterocycles. The Labute approximate surface area is 61.8 Å². The molecule has 2 N–H and O–H groups in total.